The summed E-state index contributed by atoms with van der Waals surface area (Å²) >= 11 is 0. The first-order chi connectivity index (χ1) is 11.4. The van der Waals surface area contributed by atoms with E-state index in [1.54, 1.807) is 12.2 Å². The lowest BCUT2D eigenvalue weighted by Crippen LogP contribution is -1.89. The van der Waals surface area contributed by atoms with Gasteiger partial charge in [0.15, 0.2) is 0 Å². The number of hydrogen-bond acceptors (Lipinski definition) is 1. The number of nitriles is 1. The Bertz CT molecular complexity index is 697. The zero-order valence-corrected chi connectivity index (χ0v) is 15.3. The zero-order chi connectivity index (χ0) is 18.5. The molecule has 1 aromatic rings. The first-order valence-corrected chi connectivity index (χ1v) is 7.83. The fraction of sp³-hybridized carbons (Fsp3) is 0.174. The van der Waals surface area contributed by atoms with Crippen molar-refractivity contribution in [3.63, 3.8) is 0 Å². The van der Waals surface area contributed by atoms with Crippen LogP contribution in [0.5, 0.6) is 0 Å². The molecule has 0 saturated heterocycles. The second-order valence-electron chi connectivity index (χ2n) is 5.49. The van der Waals surface area contributed by atoms with E-state index in [1.165, 1.54) is 5.57 Å². The summed E-state index contributed by atoms with van der Waals surface area (Å²) in [5, 5.41) is 8.88. The third-order valence-corrected chi connectivity index (χ3v) is 3.07. The molecule has 0 aromatic heterocycles. The highest BCUT2D eigenvalue weighted by Crippen LogP contribution is 2.25. The van der Waals surface area contributed by atoms with Gasteiger partial charge in [0, 0.05) is 0 Å². The van der Waals surface area contributed by atoms with Crippen molar-refractivity contribution in [1.82, 2.24) is 0 Å². The van der Waals surface area contributed by atoms with Crippen molar-refractivity contribution in [3.8, 4) is 6.07 Å². The van der Waals surface area contributed by atoms with Crippen molar-refractivity contribution in [2.45, 2.75) is 27.7 Å². The van der Waals surface area contributed by atoms with Gasteiger partial charge in [0.05, 0.1) is 11.6 Å². The van der Waals surface area contributed by atoms with Crippen molar-refractivity contribution in [3.05, 3.63) is 102 Å². The Kier molecular flexibility index (Phi) is 10.3. The van der Waals surface area contributed by atoms with Crippen molar-refractivity contribution in [2.24, 2.45) is 0 Å². The minimum atomic E-state index is 0.661. The van der Waals surface area contributed by atoms with Crippen LogP contribution in [0.25, 0.3) is 5.57 Å². The van der Waals surface area contributed by atoms with Crippen molar-refractivity contribution < 1.29 is 0 Å². The molecule has 1 rings (SSSR count). The normalized spacial score (nSPS) is 10.2. The third kappa shape index (κ3) is 7.42. The molecule has 0 saturated carbocycles. The van der Waals surface area contributed by atoms with Gasteiger partial charge in [-0.2, -0.15) is 5.26 Å². The highest BCUT2D eigenvalue weighted by molar-refractivity contribution is 5.80. The molecule has 1 aromatic carbocycles. The summed E-state index contributed by atoms with van der Waals surface area (Å²) in [4.78, 5) is 0. The van der Waals surface area contributed by atoms with Gasteiger partial charge in [-0.05, 0) is 62.6 Å². The predicted molar refractivity (Wildman–Crippen MR) is 108 cm³/mol. The highest BCUT2D eigenvalue weighted by atomic mass is 14.2. The van der Waals surface area contributed by atoms with Crippen LogP contribution in [0.1, 0.15) is 38.8 Å². The number of allylic oxidation sites excluding steroid dienone is 9. The van der Waals surface area contributed by atoms with Gasteiger partial charge in [0.2, 0.25) is 0 Å². The van der Waals surface area contributed by atoms with E-state index in [2.05, 4.69) is 45.7 Å². The van der Waals surface area contributed by atoms with E-state index in [9.17, 15) is 0 Å². The fourth-order valence-corrected chi connectivity index (χ4v) is 1.86. The van der Waals surface area contributed by atoms with Gasteiger partial charge < -0.3 is 0 Å². The highest BCUT2D eigenvalue weighted by Gasteiger charge is 2.04. The molecule has 24 heavy (non-hydrogen) atoms. The summed E-state index contributed by atoms with van der Waals surface area (Å²) in [6.07, 6.45) is 9.60. The van der Waals surface area contributed by atoms with Crippen LogP contribution < -0.4 is 0 Å². The van der Waals surface area contributed by atoms with Crippen LogP contribution in [0.2, 0.25) is 0 Å². The molecule has 0 bridgehead atoms. The maximum Gasteiger partial charge on any atom is 0.0991 e. The number of benzene rings is 1. The van der Waals surface area contributed by atoms with Crippen LogP contribution in [-0.4, -0.2) is 0 Å². The standard InChI is InChI=1S/C20H21N.C3H6/c1-6-7-8-19(15(2)3)13-20(16(4)5)18-11-9-17(14-21)10-12-18;1-3-2/h6-13H,1,4H2,2-3,5H3;3H,1H2,2H3/b8-7-,20-13+;. The average Bonchev–Trinajstić information content (AvgIpc) is 2.55. The molecule has 0 aliphatic heterocycles. The van der Waals surface area contributed by atoms with E-state index in [1.807, 2.05) is 50.3 Å². The molecule has 1 heteroatoms. The monoisotopic (exact) mass is 317 g/mol. The summed E-state index contributed by atoms with van der Waals surface area (Å²) < 4.78 is 0. The minimum absolute atomic E-state index is 0.661. The molecule has 124 valence electrons. The van der Waals surface area contributed by atoms with Gasteiger partial charge in [-0.3, -0.25) is 0 Å². The quantitative estimate of drug-likeness (QED) is 0.433. The molecule has 0 radical (unpaired) electrons. The van der Waals surface area contributed by atoms with Crippen LogP contribution in [0.4, 0.5) is 0 Å². The van der Waals surface area contributed by atoms with Gasteiger partial charge in [-0.25, -0.2) is 0 Å². The Balaban J connectivity index is 0.00000163. The average molecular weight is 317 g/mol. The lowest BCUT2D eigenvalue weighted by molar-refractivity contribution is 1.34. The van der Waals surface area contributed by atoms with Crippen molar-refractivity contribution in [1.29, 1.82) is 5.26 Å². The molecular formula is C23H27N. The lowest BCUT2D eigenvalue weighted by atomic mass is 9.95. The largest absolute Gasteiger partial charge is 0.192 e. The summed E-state index contributed by atoms with van der Waals surface area (Å²) in [7, 11) is 0. The topological polar surface area (TPSA) is 23.8 Å². The molecule has 0 unspecified atom stereocenters. The van der Waals surface area contributed by atoms with E-state index in [-0.39, 0.29) is 0 Å². The Morgan fingerprint density at radius 1 is 1.08 bits per heavy atom. The summed E-state index contributed by atoms with van der Waals surface area (Å²) in [6.45, 7) is 19.2. The smallest absolute Gasteiger partial charge is 0.0991 e. The first-order valence-electron chi connectivity index (χ1n) is 7.83. The van der Waals surface area contributed by atoms with E-state index in [4.69, 9.17) is 5.26 Å². The van der Waals surface area contributed by atoms with Crippen LogP contribution in [0.15, 0.2) is 91.1 Å². The van der Waals surface area contributed by atoms with E-state index in [0.717, 1.165) is 22.3 Å². The van der Waals surface area contributed by atoms with Gasteiger partial charge in [0.1, 0.15) is 0 Å². The summed E-state index contributed by atoms with van der Waals surface area (Å²) in [5.74, 6) is 0. The summed E-state index contributed by atoms with van der Waals surface area (Å²) in [6, 6.07) is 9.70. The third-order valence-electron chi connectivity index (χ3n) is 3.07. The summed E-state index contributed by atoms with van der Waals surface area (Å²) in [5.41, 5.74) is 6.15. The molecule has 0 fully saturated rings. The maximum atomic E-state index is 8.88. The minimum Gasteiger partial charge on any atom is -0.192 e. The Morgan fingerprint density at radius 3 is 2.00 bits per heavy atom. The first kappa shape index (κ1) is 21.1. The number of hydrogen-bond donors (Lipinski definition) is 0. The molecule has 0 amide bonds. The molecule has 0 aliphatic carbocycles. The maximum absolute atomic E-state index is 8.88. The molecular weight excluding hydrogens is 290 g/mol. The van der Waals surface area contributed by atoms with Crippen LogP contribution in [0, 0.1) is 11.3 Å². The van der Waals surface area contributed by atoms with Crippen molar-refractivity contribution in [2.75, 3.05) is 0 Å². The predicted octanol–water partition coefficient (Wildman–Crippen LogP) is 6.79. The van der Waals surface area contributed by atoms with Gasteiger partial charge >= 0.3 is 0 Å². The molecule has 0 N–H and O–H groups in total. The Hall–Kier alpha value is -2.85. The number of nitrogens with zero attached hydrogens (tertiary/aromatic N) is 1. The zero-order valence-electron chi connectivity index (χ0n) is 15.3. The lowest BCUT2D eigenvalue weighted by Gasteiger charge is -2.09. The van der Waals surface area contributed by atoms with Crippen LogP contribution in [0.3, 0.4) is 0 Å². The van der Waals surface area contributed by atoms with Crippen LogP contribution >= 0.6 is 0 Å². The second-order valence-corrected chi connectivity index (χ2v) is 5.49. The molecule has 0 aliphatic rings. The van der Waals surface area contributed by atoms with Gasteiger partial charge in [-0.15, -0.1) is 6.58 Å². The SMILES string of the molecule is C=C/C=C\C(/C=C(\C(=C)C)c1ccc(C#N)cc1)=C(C)C.C=CC. The molecule has 1 nitrogen and oxygen atoms in total. The van der Waals surface area contributed by atoms with Gasteiger partial charge in [-0.1, -0.05) is 60.7 Å². The van der Waals surface area contributed by atoms with Crippen LogP contribution in [-0.2, 0) is 0 Å². The fourth-order valence-electron chi connectivity index (χ4n) is 1.86. The number of rotatable bonds is 5. The van der Waals surface area contributed by atoms with E-state index >= 15 is 0 Å². The van der Waals surface area contributed by atoms with Gasteiger partial charge in [0.25, 0.3) is 0 Å². The Labute approximate surface area is 147 Å². The van der Waals surface area contributed by atoms with E-state index in [0.29, 0.717) is 5.56 Å². The second kappa shape index (κ2) is 11.7. The molecule has 0 heterocycles. The molecule has 0 atom stereocenters. The Morgan fingerprint density at radius 2 is 1.62 bits per heavy atom. The van der Waals surface area contributed by atoms with Crippen molar-refractivity contribution >= 4 is 5.57 Å². The molecule has 0 spiro atoms. The van der Waals surface area contributed by atoms with E-state index < -0.39 is 0 Å².